The van der Waals surface area contributed by atoms with E-state index < -0.39 is 0 Å². The van der Waals surface area contributed by atoms with E-state index in [1.807, 2.05) is 0 Å². The van der Waals surface area contributed by atoms with E-state index in [-0.39, 0.29) is 0 Å². The first-order valence-electron chi connectivity index (χ1n) is 7.40. The highest BCUT2D eigenvalue weighted by Crippen LogP contribution is 2.45. The molecular weight excluding hydrogens is 208 g/mol. The molecule has 0 aromatic heterocycles. The first-order chi connectivity index (χ1) is 7.87. The Morgan fingerprint density at radius 2 is 2.00 bits per heavy atom. The average molecular weight is 238 g/mol. The first kappa shape index (κ1) is 14.7. The monoisotopic (exact) mass is 238 g/mol. The fourth-order valence-electron chi connectivity index (χ4n) is 3.29. The molecule has 0 heterocycles. The van der Waals surface area contributed by atoms with Gasteiger partial charge < -0.3 is 0 Å². The first-order valence-corrected chi connectivity index (χ1v) is 7.40. The number of ketones is 1. The molecule has 1 nitrogen and oxygen atoms in total. The molecule has 0 amide bonds. The molecule has 0 bridgehead atoms. The van der Waals surface area contributed by atoms with Gasteiger partial charge in [-0.25, -0.2) is 0 Å². The summed E-state index contributed by atoms with van der Waals surface area (Å²) in [6.45, 7) is 11.4. The number of unbranched alkanes of at least 4 members (excludes halogenated alkanes) is 1. The molecule has 1 saturated carbocycles. The lowest BCUT2D eigenvalue weighted by molar-refractivity contribution is -0.128. The molecule has 1 rings (SSSR count). The zero-order valence-electron chi connectivity index (χ0n) is 12.4. The van der Waals surface area contributed by atoms with Crippen molar-refractivity contribution in [1.82, 2.24) is 0 Å². The molecule has 0 aromatic rings. The largest absolute Gasteiger partial charge is 0.299 e. The maximum Gasteiger partial charge on any atom is 0.136 e. The quantitative estimate of drug-likeness (QED) is 0.669. The van der Waals surface area contributed by atoms with E-state index >= 15 is 0 Å². The van der Waals surface area contributed by atoms with Crippen molar-refractivity contribution in [3.8, 4) is 0 Å². The van der Waals surface area contributed by atoms with Crippen molar-refractivity contribution in [2.24, 2.45) is 23.2 Å². The van der Waals surface area contributed by atoms with Crippen molar-refractivity contribution in [2.45, 2.75) is 73.1 Å². The summed E-state index contributed by atoms with van der Waals surface area (Å²) in [6.07, 6.45) is 6.65. The number of hydrogen-bond donors (Lipinski definition) is 0. The fraction of sp³-hybridized carbons (Fsp3) is 0.938. The lowest BCUT2D eigenvalue weighted by atomic mass is 9.62. The highest BCUT2D eigenvalue weighted by atomic mass is 16.1. The summed E-state index contributed by atoms with van der Waals surface area (Å²) in [5, 5.41) is 0. The summed E-state index contributed by atoms with van der Waals surface area (Å²) in [4.78, 5) is 12.4. The van der Waals surface area contributed by atoms with Crippen LogP contribution >= 0.6 is 0 Å². The van der Waals surface area contributed by atoms with Crippen molar-refractivity contribution in [1.29, 1.82) is 0 Å². The van der Waals surface area contributed by atoms with Crippen molar-refractivity contribution in [3.05, 3.63) is 0 Å². The second kappa shape index (κ2) is 6.02. The Hall–Kier alpha value is -0.330. The summed E-state index contributed by atoms with van der Waals surface area (Å²) < 4.78 is 0. The third-order valence-corrected chi connectivity index (χ3v) is 4.49. The Kier molecular flexibility index (Phi) is 5.22. The SMILES string of the molecule is CCCCC(=O)[C@@H]1CC(C)(C)CC[C@@H]1C(C)C. The third kappa shape index (κ3) is 4.12. The summed E-state index contributed by atoms with van der Waals surface area (Å²) in [5.41, 5.74) is 0.373. The second-order valence-electron chi connectivity index (χ2n) is 6.99. The highest BCUT2D eigenvalue weighted by molar-refractivity contribution is 5.81. The standard InChI is InChI=1S/C16H30O/c1-6-7-8-15(17)14-11-16(4,5)10-9-13(14)12(2)3/h12-14H,6-11H2,1-5H3/t13-,14-/m1/s1. The second-order valence-corrected chi connectivity index (χ2v) is 6.99. The zero-order chi connectivity index (χ0) is 13.1. The average Bonchev–Trinajstić information content (AvgIpc) is 2.24. The van der Waals surface area contributed by atoms with E-state index in [2.05, 4.69) is 34.6 Å². The molecule has 0 radical (unpaired) electrons. The van der Waals surface area contributed by atoms with Gasteiger partial charge in [-0.05, 0) is 42.9 Å². The van der Waals surface area contributed by atoms with Crippen LogP contribution in [0.1, 0.15) is 73.1 Å². The smallest absolute Gasteiger partial charge is 0.136 e. The van der Waals surface area contributed by atoms with Gasteiger partial charge in [-0.1, -0.05) is 41.0 Å². The van der Waals surface area contributed by atoms with Crippen LogP contribution in [0.4, 0.5) is 0 Å². The van der Waals surface area contributed by atoms with Crippen LogP contribution in [0.5, 0.6) is 0 Å². The van der Waals surface area contributed by atoms with Crippen LogP contribution in [0, 0.1) is 23.2 Å². The minimum absolute atomic E-state index is 0.338. The van der Waals surface area contributed by atoms with Crippen LogP contribution in [0.15, 0.2) is 0 Å². The molecule has 1 aliphatic carbocycles. The van der Waals surface area contributed by atoms with Crippen LogP contribution in [0.25, 0.3) is 0 Å². The minimum Gasteiger partial charge on any atom is -0.299 e. The van der Waals surface area contributed by atoms with Gasteiger partial charge >= 0.3 is 0 Å². The van der Waals surface area contributed by atoms with E-state index in [0.29, 0.717) is 29.0 Å². The summed E-state index contributed by atoms with van der Waals surface area (Å²) in [7, 11) is 0. The lowest BCUT2D eigenvalue weighted by Gasteiger charge is -2.42. The molecule has 0 spiro atoms. The maximum absolute atomic E-state index is 12.4. The van der Waals surface area contributed by atoms with E-state index in [1.54, 1.807) is 0 Å². The molecule has 1 aliphatic rings. The summed E-state index contributed by atoms with van der Waals surface area (Å²) in [6, 6.07) is 0. The molecule has 2 atom stereocenters. The molecule has 0 unspecified atom stereocenters. The number of rotatable bonds is 5. The van der Waals surface area contributed by atoms with Gasteiger partial charge in [-0.15, -0.1) is 0 Å². The van der Waals surface area contributed by atoms with Gasteiger partial charge in [0.15, 0.2) is 0 Å². The normalized spacial score (nSPS) is 28.4. The van der Waals surface area contributed by atoms with Gasteiger partial charge in [-0.2, -0.15) is 0 Å². The number of carbonyl (C=O) groups is 1. The van der Waals surface area contributed by atoms with Crippen molar-refractivity contribution in [3.63, 3.8) is 0 Å². The molecule has 0 saturated heterocycles. The van der Waals surface area contributed by atoms with Gasteiger partial charge in [0.2, 0.25) is 0 Å². The van der Waals surface area contributed by atoms with E-state index in [0.717, 1.165) is 25.7 Å². The molecule has 0 N–H and O–H groups in total. The molecular formula is C16H30O. The zero-order valence-corrected chi connectivity index (χ0v) is 12.4. The fourth-order valence-corrected chi connectivity index (χ4v) is 3.29. The van der Waals surface area contributed by atoms with Gasteiger partial charge in [0.05, 0.1) is 0 Å². The minimum atomic E-state index is 0.338. The van der Waals surface area contributed by atoms with Gasteiger partial charge in [0.25, 0.3) is 0 Å². The Morgan fingerprint density at radius 3 is 2.53 bits per heavy atom. The van der Waals surface area contributed by atoms with Gasteiger partial charge in [0.1, 0.15) is 5.78 Å². The van der Waals surface area contributed by atoms with Crippen LogP contribution in [-0.2, 0) is 4.79 Å². The maximum atomic E-state index is 12.4. The lowest BCUT2D eigenvalue weighted by Crippen LogP contribution is -2.37. The topological polar surface area (TPSA) is 17.1 Å². The Balaban J connectivity index is 2.70. The highest BCUT2D eigenvalue weighted by Gasteiger charge is 2.39. The van der Waals surface area contributed by atoms with Crippen molar-refractivity contribution < 1.29 is 4.79 Å². The predicted octanol–water partition coefficient (Wildman–Crippen LogP) is 4.84. The molecule has 0 aliphatic heterocycles. The molecule has 1 fully saturated rings. The van der Waals surface area contributed by atoms with Crippen LogP contribution in [0.2, 0.25) is 0 Å². The van der Waals surface area contributed by atoms with E-state index in [4.69, 9.17) is 0 Å². The van der Waals surface area contributed by atoms with Crippen LogP contribution in [-0.4, -0.2) is 5.78 Å². The number of hydrogen-bond acceptors (Lipinski definition) is 1. The Morgan fingerprint density at radius 1 is 1.35 bits per heavy atom. The summed E-state index contributed by atoms with van der Waals surface area (Å²) >= 11 is 0. The summed E-state index contributed by atoms with van der Waals surface area (Å²) in [5.74, 6) is 2.16. The Bertz CT molecular complexity index is 252. The molecule has 17 heavy (non-hydrogen) atoms. The molecule has 0 aromatic carbocycles. The van der Waals surface area contributed by atoms with Crippen molar-refractivity contribution in [2.75, 3.05) is 0 Å². The van der Waals surface area contributed by atoms with E-state index in [9.17, 15) is 4.79 Å². The van der Waals surface area contributed by atoms with Gasteiger partial charge in [-0.3, -0.25) is 4.79 Å². The predicted molar refractivity (Wildman–Crippen MR) is 74.0 cm³/mol. The third-order valence-electron chi connectivity index (χ3n) is 4.49. The number of carbonyl (C=O) groups excluding carboxylic acids is 1. The van der Waals surface area contributed by atoms with E-state index in [1.165, 1.54) is 12.8 Å². The van der Waals surface area contributed by atoms with Crippen molar-refractivity contribution >= 4 is 5.78 Å². The molecule has 100 valence electrons. The Labute approximate surface area is 107 Å². The van der Waals surface area contributed by atoms with Crippen LogP contribution in [0.3, 0.4) is 0 Å². The van der Waals surface area contributed by atoms with Crippen LogP contribution < -0.4 is 0 Å². The molecule has 1 heteroatoms. The number of Topliss-reactive ketones (excluding diaryl/α,β-unsaturated/α-hetero) is 1. The van der Waals surface area contributed by atoms with Gasteiger partial charge in [0, 0.05) is 12.3 Å².